The fraction of sp³-hybridized carbons (Fsp3) is 1.00. The van der Waals surface area contributed by atoms with Crippen molar-refractivity contribution in [1.82, 2.24) is 0 Å². The van der Waals surface area contributed by atoms with Crippen molar-refractivity contribution in [2.24, 2.45) is 10.2 Å². The van der Waals surface area contributed by atoms with E-state index >= 15 is 0 Å². The Hall–Kier alpha value is -0.490. The molecule has 0 spiro atoms. The molecular weight excluding hydrogens is 216 g/mol. The summed E-state index contributed by atoms with van der Waals surface area (Å²) in [5.41, 5.74) is -0.890. The van der Waals surface area contributed by atoms with Gasteiger partial charge in [-0.05, 0) is 34.6 Å². The Morgan fingerprint density at radius 1 is 1.07 bits per heavy atom. The fourth-order valence-corrected chi connectivity index (χ4v) is 1.07. The lowest BCUT2D eigenvalue weighted by Crippen LogP contribution is -2.26. The van der Waals surface area contributed by atoms with Gasteiger partial charge in [-0.1, -0.05) is 0 Å². The van der Waals surface area contributed by atoms with Crippen LogP contribution in [-0.4, -0.2) is 32.4 Å². The first kappa shape index (κ1) is 14.5. The van der Waals surface area contributed by atoms with Crippen LogP contribution in [0.15, 0.2) is 10.2 Å². The van der Waals surface area contributed by atoms with Gasteiger partial charge in [0, 0.05) is 0 Å². The number of azo groups is 1. The van der Waals surface area contributed by atoms with E-state index in [1.807, 2.05) is 20.8 Å². The molecule has 0 atom stereocenters. The van der Waals surface area contributed by atoms with Gasteiger partial charge in [0.15, 0.2) is 0 Å². The lowest BCUT2D eigenvalue weighted by Gasteiger charge is -2.19. The fourth-order valence-electron chi connectivity index (χ4n) is 0.565. The third kappa shape index (κ3) is 9.81. The lowest BCUT2D eigenvalue weighted by atomic mass is 10.1. The molecule has 6 heteroatoms. The lowest BCUT2D eigenvalue weighted by molar-refractivity contribution is 0.241. The van der Waals surface area contributed by atoms with E-state index in [9.17, 15) is 8.42 Å². The summed E-state index contributed by atoms with van der Waals surface area (Å²) in [6.45, 7) is 9.31. The van der Waals surface area contributed by atoms with Crippen molar-refractivity contribution in [3.63, 3.8) is 0 Å². The van der Waals surface area contributed by atoms with E-state index in [-0.39, 0.29) is 12.1 Å². The highest BCUT2D eigenvalue weighted by atomic mass is 32.2. The van der Waals surface area contributed by atoms with Crippen LogP contribution >= 0.6 is 0 Å². The molecule has 0 aromatic carbocycles. The minimum atomic E-state index is -3.41. The molecular formula is C9H20N2O3S. The number of hydrogen-bond acceptors (Lipinski definition) is 5. The van der Waals surface area contributed by atoms with Crippen LogP contribution in [0, 0.1) is 0 Å². The van der Waals surface area contributed by atoms with E-state index in [0.717, 1.165) is 6.26 Å². The summed E-state index contributed by atoms with van der Waals surface area (Å²) in [7, 11) is -3.41. The Morgan fingerprint density at radius 3 is 1.87 bits per heavy atom. The van der Waals surface area contributed by atoms with Crippen LogP contribution < -0.4 is 0 Å². The molecule has 0 aliphatic heterocycles. The first-order valence-electron chi connectivity index (χ1n) is 4.70. The van der Waals surface area contributed by atoms with Gasteiger partial charge in [0.2, 0.25) is 0 Å². The van der Waals surface area contributed by atoms with Gasteiger partial charge < -0.3 is 0 Å². The van der Waals surface area contributed by atoms with Crippen molar-refractivity contribution in [2.75, 3.05) is 12.9 Å². The van der Waals surface area contributed by atoms with Gasteiger partial charge in [-0.3, -0.25) is 4.18 Å². The van der Waals surface area contributed by atoms with Crippen LogP contribution in [-0.2, 0) is 14.3 Å². The third-order valence-corrected chi connectivity index (χ3v) is 1.79. The van der Waals surface area contributed by atoms with Gasteiger partial charge in [-0.2, -0.15) is 18.6 Å². The van der Waals surface area contributed by atoms with Crippen molar-refractivity contribution in [1.29, 1.82) is 0 Å². The molecule has 0 aliphatic carbocycles. The normalized spacial score (nSPS) is 14.8. The average Bonchev–Trinajstić information content (AvgIpc) is 1.96. The van der Waals surface area contributed by atoms with E-state index in [0.29, 0.717) is 0 Å². The highest BCUT2D eigenvalue weighted by Crippen LogP contribution is 2.15. The van der Waals surface area contributed by atoms with Gasteiger partial charge >= 0.3 is 0 Å². The Labute approximate surface area is 92.1 Å². The van der Waals surface area contributed by atoms with Gasteiger partial charge in [-0.15, -0.1) is 0 Å². The van der Waals surface area contributed by atoms with E-state index < -0.39 is 15.7 Å². The molecule has 0 amide bonds. The predicted octanol–water partition coefficient (Wildman–Crippen LogP) is 1.99. The van der Waals surface area contributed by atoms with E-state index in [1.54, 1.807) is 13.8 Å². The largest absolute Gasteiger partial charge is 0.268 e. The molecule has 0 rings (SSSR count). The minimum absolute atomic E-state index is 0.00537. The van der Waals surface area contributed by atoms with E-state index in [4.69, 9.17) is 0 Å². The second-order valence-electron chi connectivity index (χ2n) is 5.15. The van der Waals surface area contributed by atoms with Crippen molar-refractivity contribution in [3.05, 3.63) is 0 Å². The predicted molar refractivity (Wildman–Crippen MR) is 59.5 cm³/mol. The molecule has 0 N–H and O–H groups in total. The summed E-state index contributed by atoms with van der Waals surface area (Å²) in [6.07, 6.45) is 1.02. The zero-order valence-corrected chi connectivity index (χ0v) is 11.1. The first-order chi connectivity index (χ1) is 6.41. The summed E-state index contributed by atoms with van der Waals surface area (Å²) >= 11 is 0. The molecule has 0 fully saturated rings. The van der Waals surface area contributed by atoms with Gasteiger partial charge in [-0.25, -0.2) is 0 Å². The second-order valence-corrected chi connectivity index (χ2v) is 6.79. The van der Waals surface area contributed by atoms with Crippen LogP contribution in [0.1, 0.15) is 34.6 Å². The SMILES string of the molecule is CC(C)(C)N=NC(C)(C)COS(C)(=O)=O. The van der Waals surface area contributed by atoms with Crippen molar-refractivity contribution >= 4 is 10.1 Å². The molecule has 90 valence electrons. The maximum Gasteiger partial charge on any atom is 0.264 e. The second kappa shape index (κ2) is 4.57. The highest BCUT2D eigenvalue weighted by molar-refractivity contribution is 7.85. The summed E-state index contributed by atoms with van der Waals surface area (Å²) in [5.74, 6) is 0. The molecule has 0 aliphatic rings. The standard InChI is InChI=1S/C9H20N2O3S/c1-8(2,3)10-11-9(4,5)7-14-15(6,12)13/h7H2,1-6H3. The smallest absolute Gasteiger partial charge is 0.264 e. The molecule has 5 nitrogen and oxygen atoms in total. The van der Waals surface area contributed by atoms with Crippen molar-refractivity contribution in [3.8, 4) is 0 Å². The topological polar surface area (TPSA) is 68.1 Å². The quantitative estimate of drug-likeness (QED) is 0.553. The third-order valence-electron chi connectivity index (χ3n) is 1.25. The van der Waals surface area contributed by atoms with E-state index in [1.165, 1.54) is 0 Å². The van der Waals surface area contributed by atoms with Crippen LogP contribution in [0.2, 0.25) is 0 Å². The Kier molecular flexibility index (Phi) is 4.42. The number of hydrogen-bond donors (Lipinski definition) is 0. The van der Waals surface area contributed by atoms with E-state index in [2.05, 4.69) is 14.4 Å². The summed E-state index contributed by atoms with van der Waals surface area (Å²) in [6, 6.07) is 0. The zero-order chi connectivity index (χ0) is 12.3. The molecule has 0 bridgehead atoms. The zero-order valence-electron chi connectivity index (χ0n) is 10.2. The molecule has 0 saturated carbocycles. The van der Waals surface area contributed by atoms with Gasteiger partial charge in [0.1, 0.15) is 5.54 Å². The molecule has 0 saturated heterocycles. The van der Waals surface area contributed by atoms with Crippen molar-refractivity contribution in [2.45, 2.75) is 45.7 Å². The molecule has 0 heterocycles. The average molecular weight is 236 g/mol. The summed E-state index contributed by atoms with van der Waals surface area (Å²) in [4.78, 5) is 0. The highest BCUT2D eigenvalue weighted by Gasteiger charge is 2.21. The Bertz CT molecular complexity index is 326. The molecule has 0 aromatic rings. The van der Waals surface area contributed by atoms with Crippen LogP contribution in [0.5, 0.6) is 0 Å². The molecule has 0 unspecified atom stereocenters. The Balaban J connectivity index is 4.38. The van der Waals surface area contributed by atoms with Gasteiger partial charge in [0.05, 0.1) is 18.4 Å². The molecule has 15 heavy (non-hydrogen) atoms. The minimum Gasteiger partial charge on any atom is -0.268 e. The van der Waals surface area contributed by atoms with Gasteiger partial charge in [0.25, 0.3) is 10.1 Å². The molecule has 0 radical (unpaired) electrons. The Morgan fingerprint density at radius 2 is 1.53 bits per heavy atom. The number of nitrogens with zero attached hydrogens (tertiary/aromatic N) is 2. The monoisotopic (exact) mass is 236 g/mol. The number of rotatable bonds is 4. The van der Waals surface area contributed by atoms with Crippen molar-refractivity contribution < 1.29 is 12.6 Å². The van der Waals surface area contributed by atoms with Crippen LogP contribution in [0.25, 0.3) is 0 Å². The van der Waals surface area contributed by atoms with Crippen LogP contribution in [0.3, 0.4) is 0 Å². The molecule has 0 aromatic heterocycles. The first-order valence-corrected chi connectivity index (χ1v) is 6.51. The maximum absolute atomic E-state index is 10.8. The maximum atomic E-state index is 10.8. The van der Waals surface area contributed by atoms with Crippen LogP contribution in [0.4, 0.5) is 0 Å². The summed E-state index contributed by atoms with van der Waals surface area (Å²) < 4.78 is 26.2. The summed E-state index contributed by atoms with van der Waals surface area (Å²) in [5, 5.41) is 8.15.